The molecule has 1 aliphatic heterocycles. The minimum absolute atomic E-state index is 0.315. The Morgan fingerprint density at radius 2 is 2.00 bits per heavy atom. The highest BCUT2D eigenvalue weighted by Gasteiger charge is 2.27. The summed E-state index contributed by atoms with van der Waals surface area (Å²) < 4.78 is 2.24. The van der Waals surface area contributed by atoms with Crippen LogP contribution in [0.4, 0.5) is 0 Å². The second-order valence-corrected chi connectivity index (χ2v) is 4.43. The second kappa shape index (κ2) is 3.34. The van der Waals surface area contributed by atoms with E-state index in [0.717, 1.165) is 0 Å². The molecule has 1 aromatic carbocycles. The fourth-order valence-electron chi connectivity index (χ4n) is 2.57. The summed E-state index contributed by atoms with van der Waals surface area (Å²) in [4.78, 5) is 5.64. The van der Waals surface area contributed by atoms with Gasteiger partial charge in [0.1, 0.15) is 6.61 Å². The van der Waals surface area contributed by atoms with Gasteiger partial charge in [-0.05, 0) is 13.0 Å². The van der Waals surface area contributed by atoms with E-state index in [4.69, 9.17) is 4.84 Å². The molecular weight excluding hydrogens is 200 g/mol. The summed E-state index contributed by atoms with van der Waals surface area (Å²) in [5.41, 5.74) is 4.00. The molecule has 3 nitrogen and oxygen atoms in total. The van der Waals surface area contributed by atoms with E-state index >= 15 is 0 Å². The molecule has 1 aromatic heterocycles. The minimum atomic E-state index is 0.315. The van der Waals surface area contributed by atoms with Crippen LogP contribution in [0.5, 0.6) is 0 Å². The molecule has 0 amide bonds. The number of nitrogens with zero attached hydrogens (tertiary/aromatic N) is 2. The van der Waals surface area contributed by atoms with Crippen molar-refractivity contribution in [1.82, 2.24) is 9.63 Å². The van der Waals surface area contributed by atoms with Crippen LogP contribution in [-0.2, 0) is 18.5 Å². The summed E-state index contributed by atoms with van der Waals surface area (Å²) in [7, 11) is 4.11. The summed E-state index contributed by atoms with van der Waals surface area (Å²) in [6.45, 7) is 2.85. The largest absolute Gasteiger partial charge is 0.345 e. The normalized spacial score (nSPS) is 21.3. The summed E-state index contributed by atoms with van der Waals surface area (Å²) in [5.74, 6) is 0. The van der Waals surface area contributed by atoms with E-state index in [2.05, 4.69) is 42.8 Å². The van der Waals surface area contributed by atoms with Crippen LogP contribution in [0.2, 0.25) is 0 Å². The molecule has 0 radical (unpaired) electrons. The molecule has 2 heterocycles. The molecule has 0 N–H and O–H groups in total. The zero-order valence-corrected chi connectivity index (χ0v) is 9.90. The number of hydroxylamine groups is 2. The molecule has 16 heavy (non-hydrogen) atoms. The molecule has 3 rings (SSSR count). The maximum Gasteiger partial charge on any atom is 0.109 e. The van der Waals surface area contributed by atoms with E-state index in [9.17, 15) is 0 Å². The molecule has 3 heteroatoms. The molecular formula is C13H16N2O. The lowest BCUT2D eigenvalue weighted by Crippen LogP contribution is -2.28. The van der Waals surface area contributed by atoms with E-state index in [1.807, 2.05) is 12.1 Å². The molecule has 2 aromatic rings. The molecule has 0 spiro atoms. The Bertz CT molecular complexity index is 544. The Morgan fingerprint density at radius 3 is 2.81 bits per heavy atom. The third-order valence-corrected chi connectivity index (χ3v) is 3.64. The number of rotatable bonds is 0. The van der Waals surface area contributed by atoms with Crippen molar-refractivity contribution in [3.05, 3.63) is 35.5 Å². The van der Waals surface area contributed by atoms with Crippen molar-refractivity contribution in [2.24, 2.45) is 7.05 Å². The van der Waals surface area contributed by atoms with E-state index in [1.54, 1.807) is 0 Å². The Morgan fingerprint density at radius 1 is 1.25 bits per heavy atom. The maximum absolute atomic E-state index is 5.64. The quantitative estimate of drug-likeness (QED) is 0.673. The topological polar surface area (TPSA) is 17.4 Å². The van der Waals surface area contributed by atoms with E-state index in [0.29, 0.717) is 12.6 Å². The maximum atomic E-state index is 5.64. The number of benzene rings is 1. The first-order chi connectivity index (χ1) is 7.70. The molecule has 0 aliphatic carbocycles. The van der Waals surface area contributed by atoms with Crippen LogP contribution in [0.3, 0.4) is 0 Å². The monoisotopic (exact) mass is 216 g/mol. The van der Waals surface area contributed by atoms with Crippen molar-refractivity contribution in [2.75, 3.05) is 7.05 Å². The van der Waals surface area contributed by atoms with Crippen LogP contribution in [0.15, 0.2) is 24.3 Å². The molecule has 0 fully saturated rings. The molecule has 1 atom stereocenters. The van der Waals surface area contributed by atoms with Gasteiger partial charge in [-0.1, -0.05) is 18.2 Å². The first kappa shape index (κ1) is 9.87. The third-order valence-electron chi connectivity index (χ3n) is 3.64. The molecule has 1 aliphatic rings. The molecule has 84 valence electrons. The zero-order chi connectivity index (χ0) is 11.3. The van der Waals surface area contributed by atoms with Gasteiger partial charge in [-0.15, -0.1) is 0 Å². The van der Waals surface area contributed by atoms with E-state index in [1.165, 1.54) is 22.2 Å². The van der Waals surface area contributed by atoms with Crippen molar-refractivity contribution in [1.29, 1.82) is 0 Å². The Kier molecular flexibility index (Phi) is 2.06. The van der Waals surface area contributed by atoms with Crippen LogP contribution < -0.4 is 0 Å². The van der Waals surface area contributed by atoms with Gasteiger partial charge >= 0.3 is 0 Å². The van der Waals surface area contributed by atoms with Crippen molar-refractivity contribution in [2.45, 2.75) is 19.6 Å². The summed E-state index contributed by atoms with van der Waals surface area (Å²) >= 11 is 0. The van der Waals surface area contributed by atoms with Crippen LogP contribution in [0.1, 0.15) is 24.2 Å². The predicted octanol–water partition coefficient (Wildman–Crippen LogP) is 2.62. The van der Waals surface area contributed by atoms with Crippen molar-refractivity contribution in [3.63, 3.8) is 0 Å². The number of fused-ring (bicyclic) bond motifs is 3. The zero-order valence-electron chi connectivity index (χ0n) is 9.90. The average Bonchev–Trinajstić information content (AvgIpc) is 2.59. The van der Waals surface area contributed by atoms with Crippen LogP contribution >= 0.6 is 0 Å². The fraction of sp³-hybridized carbons (Fsp3) is 0.385. The fourth-order valence-corrected chi connectivity index (χ4v) is 2.57. The van der Waals surface area contributed by atoms with Gasteiger partial charge in [-0.25, -0.2) is 0 Å². The lowest BCUT2D eigenvalue weighted by Gasteiger charge is -2.30. The van der Waals surface area contributed by atoms with Gasteiger partial charge in [0.15, 0.2) is 0 Å². The highest BCUT2D eigenvalue weighted by molar-refractivity contribution is 5.86. The molecule has 1 unspecified atom stereocenters. The first-order valence-corrected chi connectivity index (χ1v) is 5.62. The number of hydrogen-bond acceptors (Lipinski definition) is 2. The van der Waals surface area contributed by atoms with Gasteiger partial charge < -0.3 is 4.57 Å². The Labute approximate surface area is 95.2 Å². The molecule has 0 saturated heterocycles. The standard InChI is InChI=1S/C13H16N2O/c1-9-13-10-6-4-5-7-11(10)14(2)12(13)8-16-15(9)3/h4-7,9H,8H2,1-3H3. The van der Waals surface area contributed by atoms with Gasteiger partial charge in [0.25, 0.3) is 0 Å². The van der Waals surface area contributed by atoms with Crippen LogP contribution in [0, 0.1) is 0 Å². The Balaban J connectivity index is 2.36. The van der Waals surface area contributed by atoms with E-state index in [-0.39, 0.29) is 0 Å². The number of hydrogen-bond donors (Lipinski definition) is 0. The van der Waals surface area contributed by atoms with Crippen molar-refractivity contribution in [3.8, 4) is 0 Å². The van der Waals surface area contributed by atoms with Gasteiger partial charge in [0.2, 0.25) is 0 Å². The summed E-state index contributed by atoms with van der Waals surface area (Å²) in [6.07, 6.45) is 0. The van der Waals surface area contributed by atoms with E-state index < -0.39 is 0 Å². The first-order valence-electron chi connectivity index (χ1n) is 5.62. The predicted molar refractivity (Wildman–Crippen MR) is 63.9 cm³/mol. The lowest BCUT2D eigenvalue weighted by atomic mass is 10.0. The van der Waals surface area contributed by atoms with Crippen molar-refractivity contribution >= 4 is 10.9 Å². The van der Waals surface area contributed by atoms with Gasteiger partial charge in [-0.3, -0.25) is 4.84 Å². The van der Waals surface area contributed by atoms with Crippen molar-refractivity contribution < 1.29 is 4.84 Å². The number of para-hydroxylation sites is 1. The van der Waals surface area contributed by atoms with Gasteiger partial charge in [-0.2, -0.15) is 5.06 Å². The van der Waals surface area contributed by atoms with Crippen LogP contribution in [0.25, 0.3) is 10.9 Å². The third kappa shape index (κ3) is 1.16. The smallest absolute Gasteiger partial charge is 0.109 e. The van der Waals surface area contributed by atoms with Gasteiger partial charge in [0.05, 0.1) is 11.7 Å². The second-order valence-electron chi connectivity index (χ2n) is 4.43. The lowest BCUT2D eigenvalue weighted by molar-refractivity contribution is -0.188. The Hall–Kier alpha value is -1.32. The summed E-state index contributed by atoms with van der Waals surface area (Å²) in [6, 6.07) is 8.87. The van der Waals surface area contributed by atoms with Gasteiger partial charge in [0, 0.05) is 30.6 Å². The van der Waals surface area contributed by atoms with Crippen LogP contribution in [-0.4, -0.2) is 16.7 Å². The number of aryl methyl sites for hydroxylation is 1. The highest BCUT2D eigenvalue weighted by Crippen LogP contribution is 2.36. The molecule has 0 bridgehead atoms. The number of aromatic nitrogens is 1. The highest BCUT2D eigenvalue weighted by atomic mass is 16.7. The summed E-state index contributed by atoms with van der Waals surface area (Å²) in [5, 5.41) is 3.29. The average molecular weight is 216 g/mol. The SMILES string of the molecule is CC1c2c(n(C)c3ccccc23)CON1C. The molecule has 0 saturated carbocycles. The minimum Gasteiger partial charge on any atom is -0.345 e.